The molecule has 2 atom stereocenters. The second-order valence-corrected chi connectivity index (χ2v) is 12.6. The van der Waals surface area contributed by atoms with E-state index in [-0.39, 0.29) is 10.8 Å². The van der Waals surface area contributed by atoms with Crippen LogP contribution in [0.15, 0.2) is 53.7 Å². The Morgan fingerprint density at radius 1 is 0.538 bits per heavy atom. The van der Waals surface area contributed by atoms with Crippen LogP contribution in [-0.2, 0) is 10.8 Å². The highest BCUT2D eigenvalue weighted by Gasteiger charge is 2.44. The highest BCUT2D eigenvalue weighted by molar-refractivity contribution is 6.02. The number of nitrogens with zero attached hydrogens (tertiary/aromatic N) is 1. The first kappa shape index (κ1) is 33.1. The SMILES string of the molecule is CCCCCCCCCC(C)(C(=NO)C(C)(CCCCCCCCC)c1ccc(C)cc1)c1ccc(C)cc1. The molecule has 1 N–H and O–H groups in total. The molecule has 0 saturated heterocycles. The lowest BCUT2D eigenvalue weighted by atomic mass is 9.61. The molecule has 2 aromatic rings. The van der Waals surface area contributed by atoms with Gasteiger partial charge in [-0.05, 0) is 37.8 Å². The summed E-state index contributed by atoms with van der Waals surface area (Å²) in [5.74, 6) is 0. The van der Waals surface area contributed by atoms with E-state index in [1.807, 2.05) is 0 Å². The second kappa shape index (κ2) is 17.6. The van der Waals surface area contributed by atoms with Gasteiger partial charge in [0.1, 0.15) is 0 Å². The summed E-state index contributed by atoms with van der Waals surface area (Å²) in [5.41, 5.74) is 5.35. The smallest absolute Gasteiger partial charge is 0.0775 e. The minimum absolute atomic E-state index is 0.327. The number of unbranched alkanes of at least 4 members (excludes halogenated alkanes) is 12. The fourth-order valence-electron chi connectivity index (χ4n) is 6.34. The van der Waals surface area contributed by atoms with E-state index in [1.165, 1.54) is 99.3 Å². The highest BCUT2D eigenvalue weighted by Crippen LogP contribution is 2.43. The molecule has 39 heavy (non-hydrogen) atoms. The maximum absolute atomic E-state index is 10.8. The molecule has 2 unspecified atom stereocenters. The van der Waals surface area contributed by atoms with Gasteiger partial charge in [0.2, 0.25) is 0 Å². The van der Waals surface area contributed by atoms with Gasteiger partial charge >= 0.3 is 0 Å². The monoisotopic (exact) mass is 533 g/mol. The number of rotatable bonds is 20. The van der Waals surface area contributed by atoms with Gasteiger partial charge in [-0.25, -0.2) is 0 Å². The summed E-state index contributed by atoms with van der Waals surface area (Å²) in [6.45, 7) is 13.5. The zero-order valence-electron chi connectivity index (χ0n) is 26.3. The van der Waals surface area contributed by atoms with Crippen molar-refractivity contribution in [3.63, 3.8) is 0 Å². The van der Waals surface area contributed by atoms with Crippen molar-refractivity contribution in [3.05, 3.63) is 70.8 Å². The lowest BCUT2D eigenvalue weighted by molar-refractivity contribution is 0.300. The predicted molar refractivity (Wildman–Crippen MR) is 172 cm³/mol. The van der Waals surface area contributed by atoms with E-state index >= 15 is 0 Å². The van der Waals surface area contributed by atoms with Crippen LogP contribution < -0.4 is 0 Å². The van der Waals surface area contributed by atoms with Gasteiger partial charge in [0, 0.05) is 10.8 Å². The van der Waals surface area contributed by atoms with Crippen molar-refractivity contribution in [1.29, 1.82) is 0 Å². The molecule has 0 aliphatic carbocycles. The molecule has 2 rings (SSSR count). The fraction of sp³-hybridized carbons (Fsp3) is 0.649. The molecular formula is C37H59NO. The minimum Gasteiger partial charge on any atom is -0.411 e. The minimum atomic E-state index is -0.327. The summed E-state index contributed by atoms with van der Waals surface area (Å²) in [6, 6.07) is 17.9. The van der Waals surface area contributed by atoms with E-state index in [2.05, 4.69) is 95.2 Å². The zero-order valence-corrected chi connectivity index (χ0v) is 26.3. The van der Waals surface area contributed by atoms with E-state index in [0.717, 1.165) is 31.4 Å². The Morgan fingerprint density at radius 3 is 1.15 bits per heavy atom. The van der Waals surface area contributed by atoms with Crippen LogP contribution in [0.4, 0.5) is 0 Å². The van der Waals surface area contributed by atoms with E-state index in [4.69, 9.17) is 0 Å². The number of hydrogen-bond donors (Lipinski definition) is 1. The summed E-state index contributed by atoms with van der Waals surface area (Å²) in [6.07, 6.45) is 20.0. The maximum atomic E-state index is 10.8. The molecule has 2 aromatic carbocycles. The molecule has 2 heteroatoms. The Kier molecular flexibility index (Phi) is 14.9. The number of benzene rings is 2. The van der Waals surface area contributed by atoms with Gasteiger partial charge in [-0.2, -0.15) is 0 Å². The molecular weight excluding hydrogens is 474 g/mol. The lowest BCUT2D eigenvalue weighted by Crippen LogP contribution is -2.46. The van der Waals surface area contributed by atoms with Gasteiger partial charge < -0.3 is 5.21 Å². The van der Waals surface area contributed by atoms with Gasteiger partial charge in [0.25, 0.3) is 0 Å². The Labute approximate surface area is 241 Å². The van der Waals surface area contributed by atoms with Crippen molar-refractivity contribution in [2.24, 2.45) is 5.16 Å². The van der Waals surface area contributed by atoms with Crippen molar-refractivity contribution in [1.82, 2.24) is 0 Å². The molecule has 0 aliphatic heterocycles. The topological polar surface area (TPSA) is 32.6 Å². The molecule has 0 spiro atoms. The van der Waals surface area contributed by atoms with Crippen molar-refractivity contribution in [2.45, 2.75) is 155 Å². The van der Waals surface area contributed by atoms with Crippen molar-refractivity contribution >= 4 is 5.71 Å². The number of oxime groups is 1. The first-order valence-electron chi connectivity index (χ1n) is 16.2. The average molecular weight is 534 g/mol. The zero-order chi connectivity index (χ0) is 28.6. The van der Waals surface area contributed by atoms with E-state index in [1.54, 1.807) is 0 Å². The van der Waals surface area contributed by atoms with Crippen LogP contribution in [0.1, 0.15) is 153 Å². The van der Waals surface area contributed by atoms with E-state index < -0.39 is 0 Å². The molecule has 0 heterocycles. The molecule has 0 fully saturated rings. The molecule has 0 saturated carbocycles. The molecule has 0 radical (unpaired) electrons. The molecule has 0 amide bonds. The van der Waals surface area contributed by atoms with Crippen LogP contribution >= 0.6 is 0 Å². The van der Waals surface area contributed by atoms with Crippen molar-refractivity contribution in [2.75, 3.05) is 0 Å². The van der Waals surface area contributed by atoms with Crippen LogP contribution in [-0.4, -0.2) is 10.9 Å². The third kappa shape index (κ3) is 10.1. The Morgan fingerprint density at radius 2 is 0.846 bits per heavy atom. The largest absolute Gasteiger partial charge is 0.411 e. The van der Waals surface area contributed by atoms with Gasteiger partial charge in [-0.1, -0.05) is 182 Å². The molecule has 0 aromatic heterocycles. The Balaban J connectivity index is 2.35. The quantitative estimate of drug-likeness (QED) is 0.0780. The third-order valence-corrected chi connectivity index (χ3v) is 9.08. The number of hydrogen-bond acceptors (Lipinski definition) is 2. The van der Waals surface area contributed by atoms with Crippen LogP contribution in [0.3, 0.4) is 0 Å². The number of aryl methyl sites for hydroxylation is 2. The molecule has 0 bridgehead atoms. The summed E-state index contributed by atoms with van der Waals surface area (Å²) < 4.78 is 0. The summed E-state index contributed by atoms with van der Waals surface area (Å²) in [5, 5.41) is 15.0. The van der Waals surface area contributed by atoms with E-state index in [9.17, 15) is 5.21 Å². The maximum Gasteiger partial charge on any atom is 0.0775 e. The van der Waals surface area contributed by atoms with Gasteiger partial charge in [0.15, 0.2) is 0 Å². The molecule has 0 aliphatic rings. The summed E-state index contributed by atoms with van der Waals surface area (Å²) >= 11 is 0. The van der Waals surface area contributed by atoms with Crippen LogP contribution in [0.2, 0.25) is 0 Å². The average Bonchev–Trinajstić information content (AvgIpc) is 2.93. The van der Waals surface area contributed by atoms with Gasteiger partial charge in [-0.3, -0.25) is 0 Å². The van der Waals surface area contributed by atoms with E-state index in [0.29, 0.717) is 0 Å². The van der Waals surface area contributed by atoms with Crippen molar-refractivity contribution < 1.29 is 5.21 Å². The molecule has 218 valence electrons. The predicted octanol–water partition coefficient (Wildman–Crippen LogP) is 11.6. The van der Waals surface area contributed by atoms with Crippen LogP contribution in [0, 0.1) is 13.8 Å². The van der Waals surface area contributed by atoms with Crippen LogP contribution in [0.5, 0.6) is 0 Å². The first-order valence-corrected chi connectivity index (χ1v) is 16.2. The van der Waals surface area contributed by atoms with Crippen LogP contribution in [0.25, 0.3) is 0 Å². The summed E-state index contributed by atoms with van der Waals surface area (Å²) in [4.78, 5) is 0. The standard InChI is InChI=1S/C37H59NO/c1-7-9-11-13-15-17-19-29-36(5,33-25-21-31(3)22-26-33)35(38-39)37(6,34-27-23-32(4)24-28-34)30-20-18-16-14-12-10-8-2/h21-28,39H,7-20,29-30H2,1-6H3. The fourth-order valence-corrected chi connectivity index (χ4v) is 6.34. The Hall–Kier alpha value is -2.09. The lowest BCUT2D eigenvalue weighted by Gasteiger charge is -2.42. The normalized spacial score (nSPS) is 14.5. The summed E-state index contributed by atoms with van der Waals surface area (Å²) in [7, 11) is 0. The van der Waals surface area contributed by atoms with Crippen molar-refractivity contribution in [3.8, 4) is 0 Å². The van der Waals surface area contributed by atoms with Gasteiger partial charge in [-0.15, -0.1) is 0 Å². The Bertz CT molecular complexity index is 869. The third-order valence-electron chi connectivity index (χ3n) is 9.08. The van der Waals surface area contributed by atoms with Gasteiger partial charge in [0.05, 0.1) is 5.71 Å². The molecule has 2 nitrogen and oxygen atoms in total. The second-order valence-electron chi connectivity index (χ2n) is 12.6. The first-order chi connectivity index (χ1) is 18.8. The highest BCUT2D eigenvalue weighted by atomic mass is 16.4.